The van der Waals surface area contributed by atoms with Crippen LogP contribution in [0.3, 0.4) is 0 Å². The molecule has 0 fully saturated rings. The van der Waals surface area contributed by atoms with E-state index in [4.69, 9.17) is 0 Å². The highest BCUT2D eigenvalue weighted by Gasteiger charge is 2.30. The Morgan fingerprint density at radius 3 is 2.24 bits per heavy atom. The van der Waals surface area contributed by atoms with Gasteiger partial charge < -0.3 is 15.4 Å². The molecule has 9 heteroatoms. The molecule has 1 amide bonds. The average Bonchev–Trinajstić information content (AvgIpc) is 3.11. The molecule has 0 atom stereocenters. The van der Waals surface area contributed by atoms with E-state index in [-0.39, 0.29) is 17.4 Å². The van der Waals surface area contributed by atoms with Gasteiger partial charge in [-0.2, -0.15) is 0 Å². The highest BCUT2D eigenvalue weighted by Crippen LogP contribution is 2.26. The fourth-order valence-electron chi connectivity index (χ4n) is 2.45. The Morgan fingerprint density at radius 2 is 1.66 bits per heavy atom. The third-order valence-electron chi connectivity index (χ3n) is 3.91. The van der Waals surface area contributed by atoms with Crippen molar-refractivity contribution >= 4 is 33.8 Å². The SMILES string of the molecule is CC(C)c1ccc(NC(=O)c2csc(Nc3ccc(OC(F)(F)F)cc3)n2)cc1. The van der Waals surface area contributed by atoms with Gasteiger partial charge in [-0.25, -0.2) is 4.98 Å². The zero-order valence-corrected chi connectivity index (χ0v) is 16.4. The second-order valence-electron chi connectivity index (χ2n) is 6.47. The summed E-state index contributed by atoms with van der Waals surface area (Å²) in [6.07, 6.45) is -4.73. The van der Waals surface area contributed by atoms with Crippen LogP contribution in [0.25, 0.3) is 0 Å². The third kappa shape index (κ3) is 5.95. The molecule has 2 aromatic carbocycles. The molecule has 1 heterocycles. The molecule has 152 valence electrons. The maximum atomic E-state index is 12.4. The minimum atomic E-state index is -4.73. The minimum absolute atomic E-state index is 0.238. The molecule has 0 unspecified atom stereocenters. The number of anilines is 3. The summed E-state index contributed by atoms with van der Waals surface area (Å²) in [4.78, 5) is 16.6. The summed E-state index contributed by atoms with van der Waals surface area (Å²) in [6, 6.07) is 12.8. The Kier molecular flexibility index (Phi) is 6.07. The van der Waals surface area contributed by atoms with Crippen molar-refractivity contribution in [1.82, 2.24) is 4.98 Å². The number of ether oxygens (including phenoxy) is 1. The van der Waals surface area contributed by atoms with Gasteiger partial charge in [-0.05, 0) is 47.9 Å². The van der Waals surface area contributed by atoms with Crippen molar-refractivity contribution in [2.45, 2.75) is 26.1 Å². The second-order valence-corrected chi connectivity index (χ2v) is 7.32. The quantitative estimate of drug-likeness (QED) is 0.500. The van der Waals surface area contributed by atoms with Crippen LogP contribution >= 0.6 is 11.3 Å². The first-order valence-corrected chi connectivity index (χ1v) is 9.57. The van der Waals surface area contributed by atoms with E-state index < -0.39 is 6.36 Å². The van der Waals surface area contributed by atoms with Crippen molar-refractivity contribution < 1.29 is 22.7 Å². The van der Waals surface area contributed by atoms with Gasteiger partial charge in [0.1, 0.15) is 11.4 Å². The summed E-state index contributed by atoms with van der Waals surface area (Å²) in [5, 5.41) is 7.77. The lowest BCUT2D eigenvalue weighted by molar-refractivity contribution is -0.274. The molecule has 0 saturated carbocycles. The van der Waals surface area contributed by atoms with Crippen molar-refractivity contribution in [2.24, 2.45) is 0 Å². The van der Waals surface area contributed by atoms with E-state index in [1.165, 1.54) is 41.2 Å². The summed E-state index contributed by atoms with van der Waals surface area (Å²) < 4.78 is 40.4. The molecule has 0 aliphatic rings. The zero-order valence-electron chi connectivity index (χ0n) is 15.6. The molecule has 0 spiro atoms. The van der Waals surface area contributed by atoms with Gasteiger partial charge >= 0.3 is 6.36 Å². The van der Waals surface area contributed by atoms with Crippen LogP contribution < -0.4 is 15.4 Å². The van der Waals surface area contributed by atoms with Gasteiger partial charge in [0.05, 0.1) is 0 Å². The van der Waals surface area contributed by atoms with Crippen molar-refractivity contribution in [3.63, 3.8) is 0 Å². The summed E-state index contributed by atoms with van der Waals surface area (Å²) >= 11 is 1.21. The first-order valence-electron chi connectivity index (χ1n) is 8.69. The number of hydrogen-bond acceptors (Lipinski definition) is 5. The van der Waals surface area contributed by atoms with Crippen LogP contribution in [-0.2, 0) is 0 Å². The molecule has 0 bridgehead atoms. The number of nitrogens with zero attached hydrogens (tertiary/aromatic N) is 1. The van der Waals surface area contributed by atoms with Gasteiger partial charge in [0.15, 0.2) is 5.13 Å². The first kappa shape index (κ1) is 20.7. The predicted molar refractivity (Wildman–Crippen MR) is 107 cm³/mol. The molecule has 3 rings (SSSR count). The summed E-state index contributed by atoms with van der Waals surface area (Å²) in [5.41, 5.74) is 2.60. The zero-order chi connectivity index (χ0) is 21.0. The second kappa shape index (κ2) is 8.52. The Hall–Kier alpha value is -3.07. The molecular formula is C20H18F3N3O2S. The summed E-state index contributed by atoms with van der Waals surface area (Å²) in [6.45, 7) is 4.18. The molecule has 0 radical (unpaired) electrons. The number of aromatic nitrogens is 1. The maximum absolute atomic E-state index is 12.4. The lowest BCUT2D eigenvalue weighted by atomic mass is 10.0. The first-order chi connectivity index (χ1) is 13.7. The number of thiazole rings is 1. The Bertz CT molecular complexity index is 968. The monoisotopic (exact) mass is 421 g/mol. The molecule has 5 nitrogen and oxygen atoms in total. The highest BCUT2D eigenvalue weighted by molar-refractivity contribution is 7.14. The normalized spacial score (nSPS) is 11.4. The molecule has 1 aromatic heterocycles. The van der Waals surface area contributed by atoms with Crippen LogP contribution in [0.2, 0.25) is 0 Å². The Labute approximate surface area is 169 Å². The van der Waals surface area contributed by atoms with Gasteiger partial charge in [0.25, 0.3) is 5.91 Å². The lowest BCUT2D eigenvalue weighted by Gasteiger charge is -2.09. The highest BCUT2D eigenvalue weighted by atomic mass is 32.1. The standard InChI is InChI=1S/C20H18F3N3O2S/c1-12(2)13-3-5-14(6-4-13)24-18(27)17-11-29-19(26-17)25-15-7-9-16(10-8-15)28-20(21,22)23/h3-12H,1-2H3,(H,24,27)(H,25,26). The Morgan fingerprint density at radius 1 is 1.03 bits per heavy atom. The fourth-order valence-corrected chi connectivity index (χ4v) is 3.16. The van der Waals surface area contributed by atoms with Crippen LogP contribution in [0.5, 0.6) is 5.75 Å². The number of halogens is 3. The number of carbonyl (C=O) groups is 1. The van der Waals surface area contributed by atoms with Gasteiger partial charge in [-0.15, -0.1) is 24.5 Å². The van der Waals surface area contributed by atoms with Crippen LogP contribution in [0.1, 0.15) is 35.8 Å². The van der Waals surface area contributed by atoms with Crippen LogP contribution in [0.15, 0.2) is 53.9 Å². The van der Waals surface area contributed by atoms with E-state index >= 15 is 0 Å². The van der Waals surface area contributed by atoms with Crippen molar-refractivity contribution in [2.75, 3.05) is 10.6 Å². The van der Waals surface area contributed by atoms with E-state index in [0.717, 1.165) is 0 Å². The third-order valence-corrected chi connectivity index (χ3v) is 4.67. The van der Waals surface area contributed by atoms with Crippen molar-refractivity contribution in [3.8, 4) is 5.75 Å². The largest absolute Gasteiger partial charge is 0.573 e. The molecule has 2 N–H and O–H groups in total. The van der Waals surface area contributed by atoms with E-state index in [2.05, 4.69) is 34.2 Å². The van der Waals surface area contributed by atoms with E-state index in [1.807, 2.05) is 24.3 Å². The Balaban J connectivity index is 1.60. The smallest absolute Gasteiger partial charge is 0.406 e. The predicted octanol–water partition coefficient (Wildman–Crippen LogP) is 6.16. The number of hydrogen-bond donors (Lipinski definition) is 2. The molecular weight excluding hydrogens is 403 g/mol. The minimum Gasteiger partial charge on any atom is -0.406 e. The molecule has 0 aliphatic heterocycles. The van der Waals surface area contributed by atoms with E-state index in [9.17, 15) is 18.0 Å². The maximum Gasteiger partial charge on any atom is 0.573 e. The number of alkyl halides is 3. The molecule has 29 heavy (non-hydrogen) atoms. The average molecular weight is 421 g/mol. The van der Waals surface area contributed by atoms with Gasteiger partial charge in [-0.1, -0.05) is 26.0 Å². The van der Waals surface area contributed by atoms with Crippen LogP contribution in [0, 0.1) is 0 Å². The van der Waals surface area contributed by atoms with Gasteiger partial charge in [-0.3, -0.25) is 4.79 Å². The topological polar surface area (TPSA) is 63.2 Å². The van der Waals surface area contributed by atoms with Gasteiger partial charge in [0, 0.05) is 16.8 Å². The van der Waals surface area contributed by atoms with E-state index in [0.29, 0.717) is 22.4 Å². The van der Waals surface area contributed by atoms with Crippen molar-refractivity contribution in [1.29, 1.82) is 0 Å². The number of rotatable bonds is 6. The number of amides is 1. The van der Waals surface area contributed by atoms with Crippen molar-refractivity contribution in [3.05, 3.63) is 65.2 Å². The number of nitrogens with one attached hydrogen (secondary N) is 2. The number of carbonyl (C=O) groups excluding carboxylic acids is 1. The fraction of sp³-hybridized carbons (Fsp3) is 0.200. The van der Waals surface area contributed by atoms with E-state index in [1.54, 1.807) is 5.38 Å². The number of benzene rings is 2. The summed E-state index contributed by atoms with van der Waals surface area (Å²) in [7, 11) is 0. The lowest BCUT2D eigenvalue weighted by Crippen LogP contribution is -2.16. The summed E-state index contributed by atoms with van der Waals surface area (Å²) in [5.74, 6) is -0.257. The molecule has 0 saturated heterocycles. The molecule has 0 aliphatic carbocycles. The van der Waals surface area contributed by atoms with Gasteiger partial charge in [0.2, 0.25) is 0 Å². The molecule has 3 aromatic rings. The van der Waals surface area contributed by atoms with Crippen LogP contribution in [-0.4, -0.2) is 17.3 Å². The van der Waals surface area contributed by atoms with Crippen LogP contribution in [0.4, 0.5) is 29.7 Å².